The molecule has 2 N–H and O–H groups in total. The molecule has 0 radical (unpaired) electrons. The number of nitrogens with one attached hydrogen (secondary N) is 2. The third-order valence-corrected chi connectivity index (χ3v) is 3.80. The first-order valence-electron chi connectivity index (χ1n) is 7.27. The van der Waals surface area contributed by atoms with Crippen LogP contribution < -0.4 is 15.4 Å². The van der Waals surface area contributed by atoms with Crippen molar-refractivity contribution in [2.45, 2.75) is 25.4 Å². The molecule has 2 rings (SSSR count). The van der Waals surface area contributed by atoms with Crippen molar-refractivity contribution in [1.29, 1.82) is 0 Å². The number of rotatable bonds is 5. The van der Waals surface area contributed by atoms with E-state index >= 15 is 0 Å². The van der Waals surface area contributed by atoms with Gasteiger partial charge in [-0.05, 0) is 17.7 Å². The lowest BCUT2D eigenvalue weighted by Crippen LogP contribution is -2.49. The summed E-state index contributed by atoms with van der Waals surface area (Å²) in [5, 5.41) is 6.14. The number of halogens is 1. The second-order valence-corrected chi connectivity index (χ2v) is 5.89. The summed E-state index contributed by atoms with van der Waals surface area (Å²) in [5.41, 5.74) is 1.01. The summed E-state index contributed by atoms with van der Waals surface area (Å²) < 4.78 is 10.6. The van der Waals surface area contributed by atoms with Crippen LogP contribution in [-0.2, 0) is 14.9 Å². The van der Waals surface area contributed by atoms with Gasteiger partial charge in [0.15, 0.2) is 0 Å². The molecule has 1 saturated heterocycles. The van der Waals surface area contributed by atoms with E-state index < -0.39 is 0 Å². The average molecular weight is 329 g/mol. The standard InChI is InChI=1S/C16H24N2O3.ClH/c1-16(2,12-4-6-13(20-3)7-5-12)11-18-15(19)14-10-17-8-9-21-14;/h4-7,14,17H,8-11H2,1-3H3,(H,18,19);1H. The number of hydrogen-bond acceptors (Lipinski definition) is 4. The lowest BCUT2D eigenvalue weighted by atomic mass is 9.84. The van der Waals surface area contributed by atoms with Crippen molar-refractivity contribution in [2.75, 3.05) is 33.4 Å². The fraction of sp³-hybridized carbons (Fsp3) is 0.562. The molecular weight excluding hydrogens is 304 g/mol. The molecule has 5 nitrogen and oxygen atoms in total. The molecule has 124 valence electrons. The Morgan fingerprint density at radius 3 is 2.64 bits per heavy atom. The number of carbonyl (C=O) groups is 1. The highest BCUT2D eigenvalue weighted by Gasteiger charge is 2.25. The van der Waals surface area contributed by atoms with E-state index in [9.17, 15) is 4.79 Å². The molecule has 0 saturated carbocycles. The molecule has 1 aliphatic rings. The SMILES string of the molecule is COc1ccc(C(C)(C)CNC(=O)C2CNCCO2)cc1.Cl. The Hall–Kier alpha value is -1.30. The maximum atomic E-state index is 12.1. The fourth-order valence-electron chi connectivity index (χ4n) is 2.30. The van der Waals surface area contributed by atoms with Gasteiger partial charge >= 0.3 is 0 Å². The average Bonchev–Trinajstić information content (AvgIpc) is 2.53. The monoisotopic (exact) mass is 328 g/mol. The van der Waals surface area contributed by atoms with Crippen molar-refractivity contribution in [3.63, 3.8) is 0 Å². The van der Waals surface area contributed by atoms with Crippen LogP contribution in [0.25, 0.3) is 0 Å². The highest BCUT2D eigenvalue weighted by atomic mass is 35.5. The van der Waals surface area contributed by atoms with Gasteiger partial charge in [0.05, 0.1) is 13.7 Å². The summed E-state index contributed by atoms with van der Waals surface area (Å²) in [6, 6.07) is 7.94. The summed E-state index contributed by atoms with van der Waals surface area (Å²) in [5.74, 6) is 0.782. The van der Waals surface area contributed by atoms with E-state index in [0.29, 0.717) is 19.7 Å². The molecule has 1 heterocycles. The van der Waals surface area contributed by atoms with Crippen LogP contribution in [0, 0.1) is 0 Å². The first-order valence-corrected chi connectivity index (χ1v) is 7.27. The van der Waals surface area contributed by atoms with Crippen LogP contribution in [0.5, 0.6) is 5.75 Å². The van der Waals surface area contributed by atoms with E-state index in [1.54, 1.807) is 7.11 Å². The van der Waals surface area contributed by atoms with Crippen LogP contribution in [0.15, 0.2) is 24.3 Å². The molecule has 1 unspecified atom stereocenters. The van der Waals surface area contributed by atoms with Crippen LogP contribution in [0.4, 0.5) is 0 Å². The van der Waals surface area contributed by atoms with Crippen molar-refractivity contribution < 1.29 is 14.3 Å². The first-order chi connectivity index (χ1) is 10.0. The summed E-state index contributed by atoms with van der Waals surface area (Å²) >= 11 is 0. The molecule has 1 amide bonds. The maximum absolute atomic E-state index is 12.1. The van der Waals surface area contributed by atoms with Crippen LogP contribution >= 0.6 is 12.4 Å². The number of amides is 1. The Morgan fingerprint density at radius 2 is 2.09 bits per heavy atom. The molecule has 22 heavy (non-hydrogen) atoms. The Labute approximate surface area is 138 Å². The molecule has 1 atom stereocenters. The third-order valence-electron chi connectivity index (χ3n) is 3.80. The number of carbonyl (C=O) groups excluding carboxylic acids is 1. The zero-order valence-corrected chi connectivity index (χ0v) is 14.2. The van der Waals surface area contributed by atoms with Crippen molar-refractivity contribution in [3.05, 3.63) is 29.8 Å². The molecule has 0 aromatic heterocycles. The zero-order valence-electron chi connectivity index (χ0n) is 13.3. The van der Waals surface area contributed by atoms with Gasteiger partial charge in [0.2, 0.25) is 5.91 Å². The Balaban J connectivity index is 0.00000242. The number of methoxy groups -OCH3 is 1. The summed E-state index contributed by atoms with van der Waals surface area (Å²) in [7, 11) is 1.65. The van der Waals surface area contributed by atoms with Gasteiger partial charge in [0.1, 0.15) is 11.9 Å². The van der Waals surface area contributed by atoms with Gasteiger partial charge in [0.25, 0.3) is 0 Å². The number of benzene rings is 1. The number of ether oxygens (including phenoxy) is 2. The van der Waals surface area contributed by atoms with E-state index in [1.807, 2.05) is 24.3 Å². The van der Waals surface area contributed by atoms with E-state index in [1.165, 1.54) is 0 Å². The Bertz CT molecular complexity index is 471. The minimum atomic E-state index is -0.384. The molecule has 0 bridgehead atoms. The topological polar surface area (TPSA) is 59.6 Å². The molecule has 1 fully saturated rings. The van der Waals surface area contributed by atoms with E-state index in [4.69, 9.17) is 9.47 Å². The van der Waals surface area contributed by atoms with Gasteiger partial charge in [-0.25, -0.2) is 0 Å². The molecule has 1 aliphatic heterocycles. The Kier molecular flexibility index (Phi) is 7.13. The van der Waals surface area contributed by atoms with Crippen LogP contribution in [0.3, 0.4) is 0 Å². The lowest BCUT2D eigenvalue weighted by Gasteiger charge is -2.28. The number of morpholine rings is 1. The summed E-state index contributed by atoms with van der Waals surface area (Å²) in [6.45, 7) is 6.75. The maximum Gasteiger partial charge on any atom is 0.250 e. The van der Waals surface area contributed by atoms with Crippen molar-refractivity contribution in [2.24, 2.45) is 0 Å². The molecule has 0 aliphatic carbocycles. The smallest absolute Gasteiger partial charge is 0.250 e. The second-order valence-electron chi connectivity index (χ2n) is 5.89. The number of hydrogen-bond donors (Lipinski definition) is 2. The zero-order chi connectivity index (χ0) is 15.3. The molecular formula is C16H25ClN2O3. The summed E-state index contributed by atoms with van der Waals surface area (Å²) in [6.07, 6.45) is -0.384. The van der Waals surface area contributed by atoms with Gasteiger partial charge < -0.3 is 20.1 Å². The molecule has 1 aromatic carbocycles. The van der Waals surface area contributed by atoms with E-state index in [0.717, 1.165) is 17.9 Å². The third kappa shape index (κ3) is 4.87. The van der Waals surface area contributed by atoms with Crippen LogP contribution in [0.1, 0.15) is 19.4 Å². The van der Waals surface area contributed by atoms with Crippen LogP contribution in [-0.4, -0.2) is 45.4 Å². The lowest BCUT2D eigenvalue weighted by molar-refractivity contribution is -0.134. The van der Waals surface area contributed by atoms with E-state index in [2.05, 4.69) is 24.5 Å². The largest absolute Gasteiger partial charge is 0.497 e. The molecule has 0 spiro atoms. The minimum absolute atomic E-state index is 0. The van der Waals surface area contributed by atoms with Crippen molar-refractivity contribution >= 4 is 18.3 Å². The Morgan fingerprint density at radius 1 is 1.41 bits per heavy atom. The van der Waals surface area contributed by atoms with Gasteiger partial charge in [-0.1, -0.05) is 26.0 Å². The van der Waals surface area contributed by atoms with Gasteiger partial charge in [0, 0.05) is 25.0 Å². The highest BCUT2D eigenvalue weighted by molar-refractivity contribution is 5.85. The van der Waals surface area contributed by atoms with Crippen molar-refractivity contribution in [1.82, 2.24) is 10.6 Å². The van der Waals surface area contributed by atoms with Gasteiger partial charge in [-0.15, -0.1) is 12.4 Å². The van der Waals surface area contributed by atoms with Crippen molar-refractivity contribution in [3.8, 4) is 5.75 Å². The fourth-order valence-corrected chi connectivity index (χ4v) is 2.30. The molecule has 1 aromatic rings. The predicted octanol–water partition coefficient (Wildman–Crippen LogP) is 1.50. The normalized spacial score (nSPS) is 18.2. The quantitative estimate of drug-likeness (QED) is 0.860. The summed E-state index contributed by atoms with van der Waals surface area (Å²) in [4.78, 5) is 12.1. The molecule has 6 heteroatoms. The minimum Gasteiger partial charge on any atom is -0.497 e. The van der Waals surface area contributed by atoms with Gasteiger partial charge in [-0.3, -0.25) is 4.79 Å². The second kappa shape index (κ2) is 8.36. The van der Waals surface area contributed by atoms with E-state index in [-0.39, 0.29) is 29.8 Å². The van der Waals surface area contributed by atoms with Gasteiger partial charge in [-0.2, -0.15) is 0 Å². The highest BCUT2D eigenvalue weighted by Crippen LogP contribution is 2.24. The first kappa shape index (κ1) is 18.7. The predicted molar refractivity (Wildman–Crippen MR) is 88.9 cm³/mol. The van der Waals surface area contributed by atoms with Crippen LogP contribution in [0.2, 0.25) is 0 Å².